The molecule has 0 aliphatic carbocycles. The summed E-state index contributed by atoms with van der Waals surface area (Å²) in [6.07, 6.45) is 1.70. The average Bonchev–Trinajstić information content (AvgIpc) is 2.35. The summed E-state index contributed by atoms with van der Waals surface area (Å²) in [5.74, 6) is 0. The lowest BCUT2D eigenvalue weighted by atomic mass is 10.3. The second kappa shape index (κ2) is 4.21. The molecule has 0 spiro atoms. The Bertz CT molecular complexity index is 247. The SMILES string of the molecule is CC(C)N(C)Cc1ncc(Cl)s1. The minimum absolute atomic E-state index is 0.549. The van der Waals surface area contributed by atoms with Crippen LogP contribution in [0.15, 0.2) is 6.20 Å². The van der Waals surface area contributed by atoms with E-state index in [1.165, 1.54) is 0 Å². The van der Waals surface area contributed by atoms with Crippen molar-refractivity contribution < 1.29 is 0 Å². The van der Waals surface area contributed by atoms with Crippen molar-refractivity contribution in [3.05, 3.63) is 15.5 Å². The maximum absolute atomic E-state index is 5.76. The molecule has 1 aromatic rings. The third kappa shape index (κ3) is 2.73. The normalized spacial score (nSPS) is 11.5. The quantitative estimate of drug-likeness (QED) is 0.753. The first kappa shape index (κ1) is 9.96. The van der Waals surface area contributed by atoms with Crippen LogP contribution in [0.25, 0.3) is 0 Å². The number of hydrogen-bond donors (Lipinski definition) is 0. The highest BCUT2D eigenvalue weighted by atomic mass is 35.5. The molecule has 0 fully saturated rings. The predicted molar refractivity (Wildman–Crippen MR) is 53.7 cm³/mol. The van der Waals surface area contributed by atoms with E-state index in [0.717, 1.165) is 15.9 Å². The fourth-order valence-corrected chi connectivity index (χ4v) is 1.78. The molecule has 0 unspecified atom stereocenters. The molecule has 0 aliphatic heterocycles. The number of aromatic nitrogens is 1. The topological polar surface area (TPSA) is 16.1 Å². The highest BCUT2D eigenvalue weighted by Gasteiger charge is 2.06. The zero-order valence-corrected chi connectivity index (χ0v) is 9.11. The van der Waals surface area contributed by atoms with Crippen LogP contribution < -0.4 is 0 Å². The molecule has 1 rings (SSSR count). The molecule has 4 heteroatoms. The standard InChI is InChI=1S/C8H13ClN2S/c1-6(2)11(3)5-8-10-4-7(9)12-8/h4,6H,5H2,1-3H3. The van der Waals surface area contributed by atoms with Gasteiger partial charge in [-0.25, -0.2) is 4.98 Å². The van der Waals surface area contributed by atoms with Gasteiger partial charge in [0.2, 0.25) is 0 Å². The molecule has 68 valence electrons. The van der Waals surface area contributed by atoms with Gasteiger partial charge in [-0.15, -0.1) is 11.3 Å². The molecule has 0 N–H and O–H groups in total. The Labute approximate surface area is 82.2 Å². The second-order valence-electron chi connectivity index (χ2n) is 3.07. The van der Waals surface area contributed by atoms with Crippen molar-refractivity contribution in [2.75, 3.05) is 7.05 Å². The molecule has 1 aromatic heterocycles. The number of thiazole rings is 1. The van der Waals surface area contributed by atoms with E-state index in [2.05, 4.69) is 30.8 Å². The van der Waals surface area contributed by atoms with Crippen molar-refractivity contribution in [1.29, 1.82) is 0 Å². The zero-order valence-electron chi connectivity index (χ0n) is 7.54. The number of halogens is 1. The monoisotopic (exact) mass is 204 g/mol. The maximum Gasteiger partial charge on any atom is 0.113 e. The molecule has 0 radical (unpaired) electrons. The molecule has 2 nitrogen and oxygen atoms in total. The van der Waals surface area contributed by atoms with Gasteiger partial charge in [-0.1, -0.05) is 11.6 Å². The van der Waals surface area contributed by atoms with E-state index < -0.39 is 0 Å². The fourth-order valence-electron chi connectivity index (χ4n) is 0.757. The van der Waals surface area contributed by atoms with Crippen LogP contribution in [-0.4, -0.2) is 23.0 Å². The Balaban J connectivity index is 2.52. The van der Waals surface area contributed by atoms with Gasteiger partial charge in [0, 0.05) is 6.04 Å². The lowest BCUT2D eigenvalue weighted by molar-refractivity contribution is 0.265. The molecule has 0 aliphatic rings. The first-order valence-corrected chi connectivity index (χ1v) is 5.09. The van der Waals surface area contributed by atoms with Gasteiger partial charge in [-0.3, -0.25) is 4.90 Å². The average molecular weight is 205 g/mol. The van der Waals surface area contributed by atoms with E-state index in [1.807, 2.05) is 0 Å². The van der Waals surface area contributed by atoms with Gasteiger partial charge >= 0.3 is 0 Å². The predicted octanol–water partition coefficient (Wildman–Crippen LogP) is 2.64. The Morgan fingerprint density at radius 2 is 2.33 bits per heavy atom. The highest BCUT2D eigenvalue weighted by molar-refractivity contribution is 7.15. The van der Waals surface area contributed by atoms with Crippen LogP contribution in [0.1, 0.15) is 18.9 Å². The molecule has 0 aromatic carbocycles. The zero-order chi connectivity index (χ0) is 9.14. The summed E-state index contributed by atoms with van der Waals surface area (Å²) in [5.41, 5.74) is 0. The molecule has 0 amide bonds. The van der Waals surface area contributed by atoms with Gasteiger partial charge < -0.3 is 0 Å². The van der Waals surface area contributed by atoms with Gasteiger partial charge in [0.25, 0.3) is 0 Å². The summed E-state index contributed by atoms with van der Waals surface area (Å²) in [4.78, 5) is 6.41. The first-order valence-electron chi connectivity index (χ1n) is 3.90. The van der Waals surface area contributed by atoms with Crippen molar-refractivity contribution in [2.45, 2.75) is 26.4 Å². The van der Waals surface area contributed by atoms with Crippen molar-refractivity contribution in [2.24, 2.45) is 0 Å². The maximum atomic E-state index is 5.76. The molecule has 0 atom stereocenters. The van der Waals surface area contributed by atoms with Crippen molar-refractivity contribution in [3.63, 3.8) is 0 Å². The third-order valence-corrected chi connectivity index (χ3v) is 2.89. The summed E-state index contributed by atoms with van der Waals surface area (Å²) in [7, 11) is 2.08. The number of hydrogen-bond acceptors (Lipinski definition) is 3. The lowest BCUT2D eigenvalue weighted by Crippen LogP contribution is -2.25. The highest BCUT2D eigenvalue weighted by Crippen LogP contribution is 2.19. The molecule has 0 bridgehead atoms. The largest absolute Gasteiger partial charge is 0.297 e. The Morgan fingerprint density at radius 1 is 1.67 bits per heavy atom. The lowest BCUT2D eigenvalue weighted by Gasteiger charge is -2.18. The van der Waals surface area contributed by atoms with Crippen molar-refractivity contribution >= 4 is 22.9 Å². The summed E-state index contributed by atoms with van der Waals surface area (Å²) in [6.45, 7) is 5.21. The van der Waals surface area contributed by atoms with Crippen molar-refractivity contribution in [1.82, 2.24) is 9.88 Å². The van der Waals surface area contributed by atoms with Crippen LogP contribution >= 0.6 is 22.9 Å². The van der Waals surface area contributed by atoms with E-state index >= 15 is 0 Å². The Kier molecular flexibility index (Phi) is 3.50. The van der Waals surface area contributed by atoms with E-state index in [4.69, 9.17) is 11.6 Å². The number of nitrogens with zero attached hydrogens (tertiary/aromatic N) is 2. The van der Waals surface area contributed by atoms with Crippen molar-refractivity contribution in [3.8, 4) is 0 Å². The summed E-state index contributed by atoms with van der Waals surface area (Å²) in [6, 6.07) is 0.549. The summed E-state index contributed by atoms with van der Waals surface area (Å²) in [5, 5.41) is 1.08. The van der Waals surface area contributed by atoms with Gasteiger partial charge in [-0.2, -0.15) is 0 Å². The van der Waals surface area contributed by atoms with Gasteiger partial charge in [0.15, 0.2) is 0 Å². The van der Waals surface area contributed by atoms with Crippen LogP contribution in [0.5, 0.6) is 0 Å². The fraction of sp³-hybridized carbons (Fsp3) is 0.625. The van der Waals surface area contributed by atoms with E-state index in [9.17, 15) is 0 Å². The first-order chi connectivity index (χ1) is 5.59. The summed E-state index contributed by atoms with van der Waals surface area (Å²) >= 11 is 7.31. The van der Waals surface area contributed by atoms with Crippen LogP contribution in [0.2, 0.25) is 4.34 Å². The molecule has 0 saturated heterocycles. The van der Waals surface area contributed by atoms with Gasteiger partial charge in [0.05, 0.1) is 12.7 Å². The van der Waals surface area contributed by atoms with Gasteiger partial charge in [-0.05, 0) is 20.9 Å². The molecule has 1 heterocycles. The third-order valence-electron chi connectivity index (χ3n) is 1.79. The Morgan fingerprint density at radius 3 is 2.75 bits per heavy atom. The van der Waals surface area contributed by atoms with Crippen LogP contribution in [0.3, 0.4) is 0 Å². The van der Waals surface area contributed by atoms with E-state index in [1.54, 1.807) is 17.5 Å². The van der Waals surface area contributed by atoms with E-state index in [-0.39, 0.29) is 0 Å². The minimum Gasteiger partial charge on any atom is -0.297 e. The van der Waals surface area contributed by atoms with Crippen LogP contribution in [0, 0.1) is 0 Å². The smallest absolute Gasteiger partial charge is 0.113 e. The molecular formula is C8H13ClN2S. The molecule has 12 heavy (non-hydrogen) atoms. The number of rotatable bonds is 3. The van der Waals surface area contributed by atoms with Crippen LogP contribution in [-0.2, 0) is 6.54 Å². The molecule has 0 saturated carbocycles. The van der Waals surface area contributed by atoms with Gasteiger partial charge in [0.1, 0.15) is 9.34 Å². The van der Waals surface area contributed by atoms with E-state index in [0.29, 0.717) is 6.04 Å². The Hall–Kier alpha value is -0.120. The second-order valence-corrected chi connectivity index (χ2v) is 4.81. The summed E-state index contributed by atoms with van der Waals surface area (Å²) < 4.78 is 0.766. The van der Waals surface area contributed by atoms with Crippen LogP contribution in [0.4, 0.5) is 0 Å². The minimum atomic E-state index is 0.549. The molecular weight excluding hydrogens is 192 g/mol.